The Bertz CT molecular complexity index is 1330. The van der Waals surface area contributed by atoms with Crippen LogP contribution in [0.25, 0.3) is 0 Å². The van der Waals surface area contributed by atoms with Crippen LogP contribution in [0.1, 0.15) is 41.6 Å². The summed E-state index contributed by atoms with van der Waals surface area (Å²) in [6.45, 7) is 9.39. The van der Waals surface area contributed by atoms with Crippen LogP contribution in [0.5, 0.6) is 0 Å². The molecular weight excluding hydrogens is 496 g/mol. The van der Waals surface area contributed by atoms with E-state index in [2.05, 4.69) is 48.9 Å². The van der Waals surface area contributed by atoms with E-state index in [1.54, 1.807) is 0 Å². The SMILES string of the molecule is CC1=C(C(=O)OCc2ccccc2)[C@@H](c2ccc(C)cc2C)N2C(CC(=O)N3CCN(C)CC3)=CSC2=N1. The molecule has 8 heteroatoms. The van der Waals surface area contributed by atoms with Crippen molar-refractivity contribution >= 4 is 28.8 Å². The van der Waals surface area contributed by atoms with Crippen LogP contribution >= 0.6 is 11.8 Å². The van der Waals surface area contributed by atoms with Crippen molar-refractivity contribution in [1.29, 1.82) is 0 Å². The fraction of sp³-hybridized carbons (Fsp3) is 0.367. The van der Waals surface area contributed by atoms with Crippen LogP contribution < -0.4 is 0 Å². The van der Waals surface area contributed by atoms with E-state index < -0.39 is 6.04 Å². The molecule has 0 saturated carbocycles. The maximum Gasteiger partial charge on any atom is 0.338 e. The first-order valence-corrected chi connectivity index (χ1v) is 13.9. The largest absolute Gasteiger partial charge is 0.457 e. The number of fused-ring (bicyclic) bond motifs is 1. The number of amides is 1. The minimum absolute atomic E-state index is 0.102. The molecular formula is C30H34N4O3S. The number of likely N-dealkylation sites (N-methyl/N-ethyl adjacent to an activating group) is 1. The highest BCUT2D eigenvalue weighted by atomic mass is 32.2. The lowest BCUT2D eigenvalue weighted by molar-refractivity contribution is -0.141. The number of allylic oxidation sites excluding steroid dienone is 1. The number of esters is 1. The fourth-order valence-electron chi connectivity index (χ4n) is 5.18. The quantitative estimate of drug-likeness (QED) is 0.501. The maximum atomic E-state index is 13.7. The van der Waals surface area contributed by atoms with Gasteiger partial charge in [-0.2, -0.15) is 0 Å². The van der Waals surface area contributed by atoms with Crippen LogP contribution in [0.2, 0.25) is 0 Å². The monoisotopic (exact) mass is 530 g/mol. The van der Waals surface area contributed by atoms with Gasteiger partial charge in [-0.1, -0.05) is 65.9 Å². The van der Waals surface area contributed by atoms with E-state index in [-0.39, 0.29) is 24.9 Å². The standard InChI is InChI=1S/C30H34N4O3S/c1-20-10-11-25(21(2)16-20)28-27(29(36)37-18-23-8-6-5-7-9-23)22(3)31-30-34(28)24(19-38-30)17-26(35)33-14-12-32(4)13-15-33/h5-11,16,19,28H,12-15,17-18H2,1-4H3/t28-/m1/s1. The van der Waals surface area contributed by atoms with Crippen LogP contribution in [0, 0.1) is 13.8 Å². The molecule has 1 amide bonds. The summed E-state index contributed by atoms with van der Waals surface area (Å²) < 4.78 is 5.82. The Balaban J connectivity index is 1.46. The van der Waals surface area contributed by atoms with Gasteiger partial charge >= 0.3 is 5.97 Å². The summed E-state index contributed by atoms with van der Waals surface area (Å²) in [7, 11) is 2.08. The third kappa shape index (κ3) is 5.42. The van der Waals surface area contributed by atoms with Crippen molar-refractivity contribution in [1.82, 2.24) is 14.7 Å². The number of amidine groups is 1. The molecule has 3 heterocycles. The lowest BCUT2D eigenvalue weighted by Gasteiger charge is -2.38. The van der Waals surface area contributed by atoms with Crippen LogP contribution in [-0.4, -0.2) is 65.0 Å². The molecule has 1 atom stereocenters. The van der Waals surface area contributed by atoms with Gasteiger partial charge in [0, 0.05) is 31.9 Å². The Hall–Kier alpha value is -3.36. The molecule has 3 aliphatic heterocycles. The Morgan fingerprint density at radius 3 is 2.47 bits per heavy atom. The number of piperazine rings is 1. The second kappa shape index (κ2) is 11.2. The molecule has 0 bridgehead atoms. The molecule has 0 aliphatic carbocycles. The number of benzene rings is 2. The molecule has 0 spiro atoms. The van der Waals surface area contributed by atoms with Crippen LogP contribution in [0.3, 0.4) is 0 Å². The summed E-state index contributed by atoms with van der Waals surface area (Å²) in [5, 5.41) is 2.79. The molecule has 0 unspecified atom stereocenters. The average Bonchev–Trinajstić information content (AvgIpc) is 3.29. The first kappa shape index (κ1) is 26.3. The van der Waals surface area contributed by atoms with Gasteiger partial charge in [-0.3, -0.25) is 4.79 Å². The molecule has 3 aliphatic rings. The number of nitrogens with zero attached hydrogens (tertiary/aromatic N) is 4. The second-order valence-corrected chi connectivity index (χ2v) is 11.0. The van der Waals surface area contributed by atoms with Crippen molar-refractivity contribution < 1.29 is 14.3 Å². The number of carbonyl (C=O) groups is 2. The predicted octanol–water partition coefficient (Wildman–Crippen LogP) is 4.79. The summed E-state index contributed by atoms with van der Waals surface area (Å²) in [4.78, 5) is 38.0. The normalized spacial score (nSPS) is 19.7. The van der Waals surface area contributed by atoms with Crippen molar-refractivity contribution in [2.45, 2.75) is 39.8 Å². The number of aryl methyl sites for hydroxylation is 2. The number of rotatable bonds is 6. The van der Waals surface area contributed by atoms with Gasteiger partial charge in [0.2, 0.25) is 5.91 Å². The Morgan fingerprint density at radius 2 is 1.76 bits per heavy atom. The molecule has 198 valence electrons. The van der Waals surface area contributed by atoms with E-state index in [1.807, 2.05) is 47.6 Å². The van der Waals surface area contributed by atoms with E-state index in [0.29, 0.717) is 11.3 Å². The highest BCUT2D eigenvalue weighted by Gasteiger charge is 2.42. The Labute approximate surface area is 228 Å². The van der Waals surface area contributed by atoms with Crippen LogP contribution in [-0.2, 0) is 20.9 Å². The van der Waals surface area contributed by atoms with Crippen LogP contribution in [0.4, 0.5) is 0 Å². The van der Waals surface area contributed by atoms with Gasteiger partial charge in [-0.15, -0.1) is 0 Å². The van der Waals surface area contributed by atoms with Crippen LogP contribution in [0.15, 0.2) is 75.9 Å². The zero-order valence-electron chi connectivity index (χ0n) is 22.4. The average molecular weight is 531 g/mol. The third-order valence-electron chi connectivity index (χ3n) is 7.34. The summed E-state index contributed by atoms with van der Waals surface area (Å²) in [6, 6.07) is 15.5. The number of hydrogen-bond donors (Lipinski definition) is 0. The highest BCUT2D eigenvalue weighted by Crippen LogP contribution is 2.45. The van der Waals surface area contributed by atoms with Gasteiger partial charge in [0.05, 0.1) is 23.7 Å². The summed E-state index contributed by atoms with van der Waals surface area (Å²) >= 11 is 1.51. The van der Waals surface area contributed by atoms with Gasteiger partial charge in [-0.05, 0) is 49.9 Å². The number of carbonyl (C=O) groups excluding carboxylic acids is 2. The summed E-state index contributed by atoms with van der Waals surface area (Å²) in [5.41, 5.74) is 6.19. The van der Waals surface area contributed by atoms with E-state index in [9.17, 15) is 9.59 Å². The smallest absolute Gasteiger partial charge is 0.338 e. The molecule has 2 aromatic rings. The first-order valence-electron chi connectivity index (χ1n) is 13.0. The lowest BCUT2D eigenvalue weighted by atomic mass is 9.90. The number of ether oxygens (including phenoxy) is 1. The Morgan fingerprint density at radius 1 is 1.03 bits per heavy atom. The zero-order valence-corrected chi connectivity index (χ0v) is 23.3. The van der Waals surface area contributed by atoms with Crippen molar-refractivity contribution in [3.8, 4) is 0 Å². The van der Waals surface area contributed by atoms with E-state index in [4.69, 9.17) is 9.73 Å². The predicted molar refractivity (Wildman–Crippen MR) is 151 cm³/mol. The van der Waals surface area contributed by atoms with E-state index in [0.717, 1.165) is 59.3 Å². The minimum atomic E-state index is -0.423. The topological polar surface area (TPSA) is 65.5 Å². The van der Waals surface area contributed by atoms with Gasteiger partial charge in [0.1, 0.15) is 6.61 Å². The van der Waals surface area contributed by atoms with Crippen molar-refractivity contribution in [3.63, 3.8) is 0 Å². The van der Waals surface area contributed by atoms with Crippen molar-refractivity contribution in [2.24, 2.45) is 4.99 Å². The molecule has 7 nitrogen and oxygen atoms in total. The molecule has 0 aromatic heterocycles. The second-order valence-electron chi connectivity index (χ2n) is 10.2. The highest BCUT2D eigenvalue weighted by molar-refractivity contribution is 8.16. The van der Waals surface area contributed by atoms with Gasteiger partial charge < -0.3 is 19.4 Å². The fourth-order valence-corrected chi connectivity index (χ4v) is 6.15. The maximum absolute atomic E-state index is 13.7. The Kier molecular flexibility index (Phi) is 7.72. The zero-order chi connectivity index (χ0) is 26.8. The number of hydrogen-bond acceptors (Lipinski definition) is 7. The van der Waals surface area contributed by atoms with Crippen molar-refractivity contribution in [3.05, 3.63) is 93.2 Å². The van der Waals surface area contributed by atoms with Gasteiger partial charge in [-0.25, -0.2) is 9.79 Å². The molecule has 5 rings (SSSR count). The first-order chi connectivity index (χ1) is 18.3. The number of aliphatic imine (C=N–C) groups is 1. The number of thioether (sulfide) groups is 1. The molecule has 1 saturated heterocycles. The third-order valence-corrected chi connectivity index (χ3v) is 8.23. The van der Waals surface area contributed by atoms with Gasteiger partial charge in [0.15, 0.2) is 5.17 Å². The van der Waals surface area contributed by atoms with Crippen molar-refractivity contribution in [2.75, 3.05) is 33.2 Å². The van der Waals surface area contributed by atoms with E-state index in [1.165, 1.54) is 11.8 Å². The lowest BCUT2D eigenvalue weighted by Crippen LogP contribution is -2.47. The molecule has 1 fully saturated rings. The minimum Gasteiger partial charge on any atom is -0.457 e. The summed E-state index contributed by atoms with van der Waals surface area (Å²) in [6.07, 6.45) is 0.266. The molecule has 0 N–H and O–H groups in total. The molecule has 2 aromatic carbocycles. The molecule has 0 radical (unpaired) electrons. The van der Waals surface area contributed by atoms with E-state index >= 15 is 0 Å². The summed E-state index contributed by atoms with van der Waals surface area (Å²) in [5.74, 6) is -0.286. The molecule has 38 heavy (non-hydrogen) atoms. The van der Waals surface area contributed by atoms with Gasteiger partial charge in [0.25, 0.3) is 0 Å².